The number of hydrogen-bond acceptors (Lipinski definition) is 5. The molecule has 0 saturated carbocycles. The fourth-order valence-electron chi connectivity index (χ4n) is 2.51. The Morgan fingerprint density at radius 3 is 2.43 bits per heavy atom. The molecule has 124 valence electrons. The molecule has 0 atom stereocenters. The third-order valence-corrected chi connectivity index (χ3v) is 3.39. The fraction of sp³-hybridized carbons (Fsp3) is 0.471. The van der Waals surface area contributed by atoms with Crippen LogP contribution in [0.2, 0.25) is 0 Å². The smallest absolute Gasteiger partial charge is 0.257 e. The summed E-state index contributed by atoms with van der Waals surface area (Å²) in [6.07, 6.45) is 0. The van der Waals surface area contributed by atoms with Gasteiger partial charge in [-0.2, -0.15) is 4.98 Å². The molecule has 0 bridgehead atoms. The molecule has 0 fully saturated rings. The summed E-state index contributed by atoms with van der Waals surface area (Å²) < 4.78 is 5.11. The minimum absolute atomic E-state index is 0.0143. The van der Waals surface area contributed by atoms with E-state index in [-0.39, 0.29) is 11.3 Å². The SMILES string of the molecule is Cc1noc(-c2ccc(C(=O)NCC(C)(C)CN(C)C)cc2)n1. The van der Waals surface area contributed by atoms with E-state index in [0.29, 0.717) is 23.8 Å². The Balaban J connectivity index is 1.98. The van der Waals surface area contributed by atoms with Gasteiger partial charge in [-0.25, -0.2) is 0 Å². The average Bonchev–Trinajstić information content (AvgIpc) is 2.90. The minimum atomic E-state index is -0.0786. The maximum Gasteiger partial charge on any atom is 0.257 e. The minimum Gasteiger partial charge on any atom is -0.351 e. The van der Waals surface area contributed by atoms with Crippen molar-refractivity contribution in [3.8, 4) is 11.5 Å². The summed E-state index contributed by atoms with van der Waals surface area (Å²) in [6, 6.07) is 7.16. The average molecular weight is 316 g/mol. The van der Waals surface area contributed by atoms with Crippen LogP contribution in [-0.4, -0.2) is 48.1 Å². The predicted octanol–water partition coefficient (Wildman–Crippen LogP) is 2.36. The normalized spacial score (nSPS) is 11.7. The number of benzene rings is 1. The lowest BCUT2D eigenvalue weighted by atomic mass is 9.93. The zero-order valence-corrected chi connectivity index (χ0v) is 14.4. The van der Waals surface area contributed by atoms with E-state index in [4.69, 9.17) is 4.52 Å². The van der Waals surface area contributed by atoms with Gasteiger partial charge in [-0.1, -0.05) is 19.0 Å². The Kier molecular flexibility index (Phi) is 5.15. The summed E-state index contributed by atoms with van der Waals surface area (Å²) in [5.41, 5.74) is 1.43. The molecule has 1 aromatic heterocycles. The van der Waals surface area contributed by atoms with Crippen molar-refractivity contribution >= 4 is 5.91 Å². The van der Waals surface area contributed by atoms with Crippen LogP contribution in [0.15, 0.2) is 28.8 Å². The first-order valence-electron chi connectivity index (χ1n) is 7.60. The molecule has 1 aromatic carbocycles. The van der Waals surface area contributed by atoms with Gasteiger partial charge in [-0.15, -0.1) is 0 Å². The number of aromatic nitrogens is 2. The van der Waals surface area contributed by atoms with E-state index < -0.39 is 0 Å². The molecule has 1 amide bonds. The summed E-state index contributed by atoms with van der Waals surface area (Å²) in [4.78, 5) is 18.5. The highest BCUT2D eigenvalue weighted by Gasteiger charge is 2.20. The molecule has 2 rings (SSSR count). The number of nitrogens with zero attached hydrogens (tertiary/aromatic N) is 3. The second-order valence-electron chi connectivity index (χ2n) is 6.81. The Hall–Kier alpha value is -2.21. The maximum absolute atomic E-state index is 12.3. The van der Waals surface area contributed by atoms with E-state index in [1.165, 1.54) is 0 Å². The zero-order valence-electron chi connectivity index (χ0n) is 14.4. The van der Waals surface area contributed by atoms with E-state index in [9.17, 15) is 4.79 Å². The number of carbonyl (C=O) groups excluding carboxylic acids is 1. The summed E-state index contributed by atoms with van der Waals surface area (Å²) in [5.74, 6) is 0.969. The molecule has 0 unspecified atom stereocenters. The van der Waals surface area contributed by atoms with Crippen molar-refractivity contribution in [3.05, 3.63) is 35.7 Å². The molecule has 6 heteroatoms. The lowest BCUT2D eigenvalue weighted by Crippen LogP contribution is -2.39. The van der Waals surface area contributed by atoms with Crippen molar-refractivity contribution in [3.63, 3.8) is 0 Å². The Bertz CT molecular complexity index is 659. The summed E-state index contributed by atoms with van der Waals surface area (Å²) in [7, 11) is 4.06. The van der Waals surface area contributed by atoms with Crippen molar-refractivity contribution in [1.29, 1.82) is 0 Å². The summed E-state index contributed by atoms with van der Waals surface area (Å²) in [5, 5.41) is 6.75. The number of hydrogen-bond donors (Lipinski definition) is 1. The first kappa shape index (κ1) is 17.1. The third-order valence-electron chi connectivity index (χ3n) is 3.39. The molecule has 6 nitrogen and oxygen atoms in total. The van der Waals surface area contributed by atoms with Crippen LogP contribution in [0.3, 0.4) is 0 Å². The molecular formula is C17H24N4O2. The van der Waals surface area contributed by atoms with Crippen LogP contribution in [0, 0.1) is 12.3 Å². The van der Waals surface area contributed by atoms with Gasteiger partial charge in [-0.3, -0.25) is 4.79 Å². The number of amides is 1. The molecule has 0 spiro atoms. The van der Waals surface area contributed by atoms with Gasteiger partial charge in [0.15, 0.2) is 5.82 Å². The monoisotopic (exact) mass is 316 g/mol. The van der Waals surface area contributed by atoms with E-state index >= 15 is 0 Å². The highest BCUT2D eigenvalue weighted by molar-refractivity contribution is 5.94. The number of nitrogens with one attached hydrogen (secondary N) is 1. The standard InChI is InChI=1S/C17H24N4O2/c1-12-19-16(23-20-12)14-8-6-13(7-9-14)15(22)18-10-17(2,3)11-21(4)5/h6-9H,10-11H2,1-5H3,(H,18,22). The summed E-state index contributed by atoms with van der Waals surface area (Å²) in [6.45, 7) is 7.56. The van der Waals surface area contributed by atoms with Gasteiger partial charge >= 0.3 is 0 Å². The van der Waals surface area contributed by atoms with Crippen molar-refractivity contribution in [2.24, 2.45) is 5.41 Å². The van der Waals surface area contributed by atoms with Gasteiger partial charge in [0.25, 0.3) is 11.8 Å². The van der Waals surface area contributed by atoms with Crippen LogP contribution in [0.5, 0.6) is 0 Å². The molecule has 1 N–H and O–H groups in total. The number of carbonyl (C=O) groups is 1. The molecule has 0 aliphatic rings. The number of rotatable bonds is 6. The molecule has 0 aliphatic heterocycles. The van der Waals surface area contributed by atoms with Gasteiger partial charge in [0.2, 0.25) is 0 Å². The van der Waals surface area contributed by atoms with Crippen LogP contribution in [0.25, 0.3) is 11.5 Å². The maximum atomic E-state index is 12.3. The molecule has 23 heavy (non-hydrogen) atoms. The van der Waals surface area contributed by atoms with Gasteiger partial charge in [0.1, 0.15) is 0 Å². The highest BCUT2D eigenvalue weighted by atomic mass is 16.5. The summed E-state index contributed by atoms with van der Waals surface area (Å²) >= 11 is 0. The Morgan fingerprint density at radius 1 is 1.26 bits per heavy atom. The van der Waals surface area contributed by atoms with Crippen LogP contribution in [0.4, 0.5) is 0 Å². The van der Waals surface area contributed by atoms with Crippen molar-refractivity contribution in [2.75, 3.05) is 27.2 Å². The molecule has 0 radical (unpaired) electrons. The van der Waals surface area contributed by atoms with E-state index in [1.807, 2.05) is 26.2 Å². The Morgan fingerprint density at radius 2 is 1.91 bits per heavy atom. The topological polar surface area (TPSA) is 71.3 Å². The Labute approximate surface area is 136 Å². The van der Waals surface area contributed by atoms with Crippen LogP contribution < -0.4 is 5.32 Å². The fourth-order valence-corrected chi connectivity index (χ4v) is 2.51. The van der Waals surface area contributed by atoms with E-state index in [0.717, 1.165) is 12.1 Å². The lowest BCUT2D eigenvalue weighted by Gasteiger charge is -2.28. The second-order valence-corrected chi connectivity index (χ2v) is 6.81. The quantitative estimate of drug-likeness (QED) is 0.886. The van der Waals surface area contributed by atoms with Crippen molar-refractivity contribution in [1.82, 2.24) is 20.4 Å². The van der Waals surface area contributed by atoms with Crippen molar-refractivity contribution < 1.29 is 9.32 Å². The van der Waals surface area contributed by atoms with Gasteiger partial charge in [0, 0.05) is 24.2 Å². The molecule has 1 heterocycles. The van der Waals surface area contributed by atoms with Crippen LogP contribution >= 0.6 is 0 Å². The lowest BCUT2D eigenvalue weighted by molar-refractivity contribution is 0.0929. The molecule has 0 aliphatic carbocycles. The van der Waals surface area contributed by atoms with Crippen molar-refractivity contribution in [2.45, 2.75) is 20.8 Å². The number of aryl methyl sites for hydroxylation is 1. The van der Waals surface area contributed by atoms with Gasteiger partial charge in [0.05, 0.1) is 0 Å². The van der Waals surface area contributed by atoms with Crippen LogP contribution in [0.1, 0.15) is 30.0 Å². The first-order chi connectivity index (χ1) is 10.8. The van der Waals surface area contributed by atoms with E-state index in [2.05, 4.69) is 34.2 Å². The van der Waals surface area contributed by atoms with Gasteiger partial charge in [-0.05, 0) is 50.7 Å². The molecular weight excluding hydrogens is 292 g/mol. The van der Waals surface area contributed by atoms with Gasteiger partial charge < -0.3 is 14.7 Å². The predicted molar refractivity (Wildman–Crippen MR) is 89.1 cm³/mol. The zero-order chi connectivity index (χ0) is 17.0. The largest absolute Gasteiger partial charge is 0.351 e. The highest BCUT2D eigenvalue weighted by Crippen LogP contribution is 2.18. The first-order valence-corrected chi connectivity index (χ1v) is 7.60. The van der Waals surface area contributed by atoms with E-state index in [1.54, 1.807) is 19.1 Å². The van der Waals surface area contributed by atoms with Crippen LogP contribution in [-0.2, 0) is 0 Å². The second kappa shape index (κ2) is 6.91. The molecule has 0 saturated heterocycles. The third kappa shape index (κ3) is 4.89. The molecule has 2 aromatic rings.